The molecule has 0 bridgehead atoms. The summed E-state index contributed by atoms with van der Waals surface area (Å²) in [5.74, 6) is -0.0956. The summed E-state index contributed by atoms with van der Waals surface area (Å²) in [5, 5.41) is 2.16. The van der Waals surface area contributed by atoms with E-state index in [1.165, 1.54) is 29.0 Å². The van der Waals surface area contributed by atoms with Crippen LogP contribution >= 0.6 is 11.3 Å². The molecular weight excluding hydrogens is 300 g/mol. The number of carbonyl (C=O) groups excluding carboxylic acids is 1. The summed E-state index contributed by atoms with van der Waals surface area (Å²) in [6.45, 7) is 4.72. The standard InChI is InChI=1S/C12H20N2O4S2/c1-9(2)5-6-14(20(4,16)17)7-11-13-10(8-19-11)12(15)18-3/h8-9H,5-7H2,1-4H3. The van der Waals surface area contributed by atoms with Crippen molar-refractivity contribution in [2.75, 3.05) is 19.9 Å². The van der Waals surface area contributed by atoms with E-state index in [9.17, 15) is 13.2 Å². The summed E-state index contributed by atoms with van der Waals surface area (Å²) in [4.78, 5) is 15.4. The zero-order valence-corrected chi connectivity index (χ0v) is 13.8. The Morgan fingerprint density at radius 3 is 2.65 bits per heavy atom. The molecule has 6 nitrogen and oxygen atoms in total. The summed E-state index contributed by atoms with van der Waals surface area (Å²) in [6.07, 6.45) is 1.96. The molecule has 0 unspecified atom stereocenters. The van der Waals surface area contributed by atoms with Crippen molar-refractivity contribution >= 4 is 27.3 Å². The van der Waals surface area contributed by atoms with Gasteiger partial charge in [0.1, 0.15) is 5.01 Å². The van der Waals surface area contributed by atoms with Gasteiger partial charge in [0.2, 0.25) is 10.0 Å². The maximum absolute atomic E-state index is 11.8. The van der Waals surface area contributed by atoms with E-state index in [1.807, 2.05) is 13.8 Å². The zero-order chi connectivity index (χ0) is 15.3. The zero-order valence-electron chi connectivity index (χ0n) is 12.1. The van der Waals surface area contributed by atoms with Gasteiger partial charge in [-0.25, -0.2) is 18.2 Å². The smallest absolute Gasteiger partial charge is 0.357 e. The second-order valence-corrected chi connectivity index (χ2v) is 7.82. The third kappa shape index (κ3) is 5.18. The number of rotatable bonds is 7. The molecule has 0 N–H and O–H groups in total. The SMILES string of the molecule is COC(=O)c1csc(CN(CCC(C)C)S(C)(=O)=O)n1. The van der Waals surface area contributed by atoms with Crippen molar-refractivity contribution in [2.45, 2.75) is 26.8 Å². The molecule has 1 aromatic heterocycles. The summed E-state index contributed by atoms with van der Waals surface area (Å²) < 4.78 is 29.5. The quantitative estimate of drug-likeness (QED) is 0.715. The van der Waals surface area contributed by atoms with Crippen molar-refractivity contribution in [2.24, 2.45) is 5.92 Å². The number of sulfonamides is 1. The number of carbonyl (C=O) groups is 1. The Kier molecular flexibility index (Phi) is 6.09. The lowest BCUT2D eigenvalue weighted by Crippen LogP contribution is -2.31. The van der Waals surface area contributed by atoms with Gasteiger partial charge in [-0.05, 0) is 12.3 Å². The van der Waals surface area contributed by atoms with Crippen LogP contribution in [-0.2, 0) is 21.3 Å². The van der Waals surface area contributed by atoms with Crippen molar-refractivity contribution in [3.8, 4) is 0 Å². The van der Waals surface area contributed by atoms with Crippen LogP contribution in [0.3, 0.4) is 0 Å². The van der Waals surface area contributed by atoms with E-state index in [-0.39, 0.29) is 12.2 Å². The molecule has 0 aliphatic carbocycles. The molecule has 0 fully saturated rings. The van der Waals surface area contributed by atoms with Gasteiger partial charge in [-0.1, -0.05) is 13.8 Å². The number of aromatic nitrogens is 1. The number of hydrogen-bond acceptors (Lipinski definition) is 6. The topological polar surface area (TPSA) is 76.6 Å². The molecule has 1 aromatic rings. The van der Waals surface area contributed by atoms with Crippen molar-refractivity contribution in [1.82, 2.24) is 9.29 Å². The molecule has 0 aromatic carbocycles. The van der Waals surface area contributed by atoms with E-state index in [1.54, 1.807) is 5.38 Å². The van der Waals surface area contributed by atoms with Crippen LogP contribution in [0.25, 0.3) is 0 Å². The number of ether oxygens (including phenoxy) is 1. The maximum Gasteiger partial charge on any atom is 0.357 e. The fourth-order valence-electron chi connectivity index (χ4n) is 1.50. The van der Waals surface area contributed by atoms with Crippen LogP contribution in [-0.4, -0.2) is 43.6 Å². The van der Waals surface area contributed by atoms with Gasteiger partial charge >= 0.3 is 5.97 Å². The van der Waals surface area contributed by atoms with E-state index in [0.717, 1.165) is 6.42 Å². The van der Waals surface area contributed by atoms with Crippen molar-refractivity contribution in [3.05, 3.63) is 16.1 Å². The maximum atomic E-state index is 11.8. The molecule has 0 amide bonds. The van der Waals surface area contributed by atoms with Crippen LogP contribution in [0.1, 0.15) is 35.8 Å². The number of esters is 1. The van der Waals surface area contributed by atoms with E-state index in [0.29, 0.717) is 17.5 Å². The van der Waals surface area contributed by atoms with E-state index < -0.39 is 16.0 Å². The largest absolute Gasteiger partial charge is 0.464 e. The molecule has 0 radical (unpaired) electrons. The van der Waals surface area contributed by atoms with Gasteiger partial charge in [0, 0.05) is 11.9 Å². The minimum absolute atomic E-state index is 0.188. The Morgan fingerprint density at radius 2 is 2.15 bits per heavy atom. The molecule has 0 aliphatic rings. The lowest BCUT2D eigenvalue weighted by molar-refractivity contribution is 0.0594. The fourth-order valence-corrected chi connectivity index (χ4v) is 3.15. The fraction of sp³-hybridized carbons (Fsp3) is 0.667. The first-order chi connectivity index (χ1) is 9.24. The summed E-state index contributed by atoms with van der Waals surface area (Å²) in [7, 11) is -2.01. The average Bonchev–Trinajstić information content (AvgIpc) is 2.80. The minimum atomic E-state index is -3.29. The molecule has 0 saturated heterocycles. The first-order valence-corrected chi connectivity index (χ1v) is 8.94. The lowest BCUT2D eigenvalue weighted by atomic mass is 10.1. The van der Waals surface area contributed by atoms with Crippen LogP contribution < -0.4 is 0 Å². The van der Waals surface area contributed by atoms with Crippen LogP contribution in [0.2, 0.25) is 0 Å². The molecule has 0 spiro atoms. The molecule has 0 atom stereocenters. The molecule has 20 heavy (non-hydrogen) atoms. The van der Waals surface area contributed by atoms with Gasteiger partial charge in [-0.3, -0.25) is 0 Å². The van der Waals surface area contributed by atoms with Crippen molar-refractivity contribution in [3.63, 3.8) is 0 Å². The molecule has 0 saturated carbocycles. The third-order valence-electron chi connectivity index (χ3n) is 2.68. The lowest BCUT2D eigenvalue weighted by Gasteiger charge is -2.19. The Morgan fingerprint density at radius 1 is 1.50 bits per heavy atom. The average molecular weight is 320 g/mol. The first kappa shape index (κ1) is 17.1. The molecule has 114 valence electrons. The van der Waals surface area contributed by atoms with Gasteiger partial charge < -0.3 is 4.74 Å². The third-order valence-corrected chi connectivity index (χ3v) is 4.77. The predicted molar refractivity (Wildman–Crippen MR) is 78.2 cm³/mol. The molecule has 1 rings (SSSR count). The van der Waals surface area contributed by atoms with Gasteiger partial charge in [0.25, 0.3) is 0 Å². The second kappa shape index (κ2) is 7.14. The van der Waals surface area contributed by atoms with E-state index in [2.05, 4.69) is 9.72 Å². The molecule has 1 heterocycles. The van der Waals surface area contributed by atoms with Crippen LogP contribution in [0.4, 0.5) is 0 Å². The normalized spacial score (nSPS) is 12.1. The Bertz CT molecular complexity index is 552. The van der Waals surface area contributed by atoms with Gasteiger partial charge in [0.15, 0.2) is 5.69 Å². The number of nitrogens with zero attached hydrogens (tertiary/aromatic N) is 2. The summed E-state index contributed by atoms with van der Waals surface area (Å²) in [6, 6.07) is 0. The highest BCUT2D eigenvalue weighted by atomic mass is 32.2. The highest BCUT2D eigenvalue weighted by Gasteiger charge is 2.20. The van der Waals surface area contributed by atoms with Crippen molar-refractivity contribution in [1.29, 1.82) is 0 Å². The van der Waals surface area contributed by atoms with Gasteiger partial charge in [0.05, 0.1) is 19.9 Å². The molecular formula is C12H20N2O4S2. The number of thiazole rings is 1. The minimum Gasteiger partial charge on any atom is -0.464 e. The number of hydrogen-bond donors (Lipinski definition) is 0. The monoisotopic (exact) mass is 320 g/mol. The van der Waals surface area contributed by atoms with E-state index >= 15 is 0 Å². The highest BCUT2D eigenvalue weighted by molar-refractivity contribution is 7.88. The Balaban J connectivity index is 2.79. The first-order valence-electron chi connectivity index (χ1n) is 6.22. The highest BCUT2D eigenvalue weighted by Crippen LogP contribution is 2.16. The van der Waals surface area contributed by atoms with E-state index in [4.69, 9.17) is 0 Å². The van der Waals surface area contributed by atoms with Crippen LogP contribution in [0.5, 0.6) is 0 Å². The van der Waals surface area contributed by atoms with Gasteiger partial charge in [-0.15, -0.1) is 11.3 Å². The Labute approximate surface area is 123 Å². The van der Waals surface area contributed by atoms with Gasteiger partial charge in [-0.2, -0.15) is 4.31 Å². The number of methoxy groups -OCH3 is 1. The Hall–Kier alpha value is -0.990. The summed E-state index contributed by atoms with van der Waals surface area (Å²) >= 11 is 1.25. The van der Waals surface area contributed by atoms with Crippen LogP contribution in [0.15, 0.2) is 5.38 Å². The molecule has 8 heteroatoms. The van der Waals surface area contributed by atoms with Crippen LogP contribution in [0, 0.1) is 5.92 Å². The second-order valence-electron chi connectivity index (χ2n) is 4.90. The summed E-state index contributed by atoms with van der Waals surface area (Å²) in [5.41, 5.74) is 0.213. The van der Waals surface area contributed by atoms with Crippen molar-refractivity contribution < 1.29 is 17.9 Å². The molecule has 0 aliphatic heterocycles. The predicted octanol–water partition coefficient (Wildman–Crippen LogP) is 1.74.